The summed E-state index contributed by atoms with van der Waals surface area (Å²) in [6.07, 6.45) is 4.36. The first-order valence-electron chi connectivity index (χ1n) is 9.30. The van der Waals surface area contributed by atoms with E-state index in [4.69, 9.17) is 9.98 Å². The van der Waals surface area contributed by atoms with Crippen molar-refractivity contribution < 1.29 is 4.79 Å². The molecule has 0 radical (unpaired) electrons. The molecule has 2 aromatic rings. The Morgan fingerprint density at radius 2 is 2.04 bits per heavy atom. The maximum Gasteiger partial charge on any atom is 0.219 e. The highest BCUT2D eigenvalue weighted by Crippen LogP contribution is 2.34. The molecular formula is C20H25N3OS. The Kier molecular flexibility index (Phi) is 4.59. The van der Waals surface area contributed by atoms with Gasteiger partial charge in [-0.1, -0.05) is 13.0 Å². The number of amides is 1. The molecule has 3 heterocycles. The number of hydrogen-bond acceptors (Lipinski definition) is 4. The highest BCUT2D eigenvalue weighted by atomic mass is 32.1. The summed E-state index contributed by atoms with van der Waals surface area (Å²) in [5.74, 6) is 1.39. The standard InChI is InChI=1S/C20H25N3OS/c1-13-3-5-17(21-12-13)16-4-6-19-18(11-16)22-20(25-19)15-7-9-23(10-8-15)14(2)24/h4,6,11,13,15H,3,5,7-10,12H2,1-2H3/t13-/m0/s1. The number of carbonyl (C=O) groups excluding carboxylic acids is 1. The van der Waals surface area contributed by atoms with E-state index in [9.17, 15) is 4.79 Å². The Morgan fingerprint density at radius 1 is 1.24 bits per heavy atom. The summed E-state index contributed by atoms with van der Waals surface area (Å²) in [5.41, 5.74) is 3.58. The molecule has 2 aliphatic heterocycles. The molecule has 0 unspecified atom stereocenters. The summed E-state index contributed by atoms with van der Waals surface area (Å²) in [4.78, 5) is 23.1. The number of benzene rings is 1. The van der Waals surface area contributed by atoms with Crippen LogP contribution in [0.25, 0.3) is 10.2 Å². The van der Waals surface area contributed by atoms with E-state index >= 15 is 0 Å². The van der Waals surface area contributed by atoms with Crippen molar-refractivity contribution in [3.63, 3.8) is 0 Å². The topological polar surface area (TPSA) is 45.6 Å². The van der Waals surface area contributed by atoms with E-state index in [-0.39, 0.29) is 5.91 Å². The van der Waals surface area contributed by atoms with E-state index in [0.29, 0.717) is 11.8 Å². The van der Waals surface area contributed by atoms with Gasteiger partial charge < -0.3 is 4.90 Å². The van der Waals surface area contributed by atoms with Crippen LogP contribution >= 0.6 is 11.3 Å². The number of fused-ring (bicyclic) bond motifs is 1. The molecule has 1 fully saturated rings. The predicted octanol–water partition coefficient (Wildman–Crippen LogP) is 4.24. The van der Waals surface area contributed by atoms with E-state index < -0.39 is 0 Å². The molecule has 1 amide bonds. The van der Waals surface area contributed by atoms with Gasteiger partial charge in [-0.05, 0) is 49.3 Å². The zero-order chi connectivity index (χ0) is 17.4. The average molecular weight is 356 g/mol. The molecule has 25 heavy (non-hydrogen) atoms. The lowest BCUT2D eigenvalue weighted by Gasteiger charge is -2.30. The van der Waals surface area contributed by atoms with Crippen molar-refractivity contribution in [2.75, 3.05) is 19.6 Å². The third kappa shape index (κ3) is 3.47. The molecule has 2 aliphatic rings. The summed E-state index contributed by atoms with van der Waals surface area (Å²) in [7, 11) is 0. The molecule has 0 saturated carbocycles. The Morgan fingerprint density at radius 3 is 2.72 bits per heavy atom. The van der Waals surface area contributed by atoms with Crippen LogP contribution in [0.1, 0.15) is 56.0 Å². The van der Waals surface area contributed by atoms with Gasteiger partial charge in [0.05, 0.1) is 15.2 Å². The quantitative estimate of drug-likeness (QED) is 0.809. The number of carbonyl (C=O) groups is 1. The monoisotopic (exact) mass is 355 g/mol. The van der Waals surface area contributed by atoms with Crippen LogP contribution in [-0.4, -0.2) is 41.1 Å². The Bertz CT molecular complexity index is 817. The lowest BCUT2D eigenvalue weighted by Crippen LogP contribution is -2.36. The first-order valence-corrected chi connectivity index (χ1v) is 10.1. The van der Waals surface area contributed by atoms with E-state index in [1.54, 1.807) is 6.92 Å². The molecule has 4 nitrogen and oxygen atoms in total. The minimum Gasteiger partial charge on any atom is -0.343 e. The number of hydrogen-bond donors (Lipinski definition) is 0. The molecule has 1 aromatic carbocycles. The van der Waals surface area contributed by atoms with Gasteiger partial charge in [-0.15, -0.1) is 11.3 Å². The smallest absolute Gasteiger partial charge is 0.219 e. The van der Waals surface area contributed by atoms with Crippen LogP contribution in [0.2, 0.25) is 0 Å². The molecule has 1 aromatic heterocycles. The van der Waals surface area contributed by atoms with Crippen LogP contribution in [0, 0.1) is 5.92 Å². The fourth-order valence-electron chi connectivity index (χ4n) is 3.80. The Balaban J connectivity index is 1.54. The number of thiazole rings is 1. The number of nitrogens with zero attached hydrogens (tertiary/aromatic N) is 3. The van der Waals surface area contributed by atoms with Gasteiger partial charge in [-0.2, -0.15) is 0 Å². The van der Waals surface area contributed by atoms with Crippen LogP contribution in [0.5, 0.6) is 0 Å². The van der Waals surface area contributed by atoms with E-state index in [1.807, 2.05) is 16.2 Å². The second-order valence-corrected chi connectivity index (χ2v) is 8.51. The van der Waals surface area contributed by atoms with Crippen molar-refractivity contribution in [1.82, 2.24) is 9.88 Å². The molecule has 5 heteroatoms. The zero-order valence-electron chi connectivity index (χ0n) is 15.0. The summed E-state index contributed by atoms with van der Waals surface area (Å²) >= 11 is 1.81. The zero-order valence-corrected chi connectivity index (χ0v) is 15.8. The summed E-state index contributed by atoms with van der Waals surface area (Å²) in [6, 6.07) is 6.63. The molecule has 132 valence electrons. The largest absolute Gasteiger partial charge is 0.343 e. The predicted molar refractivity (Wildman–Crippen MR) is 104 cm³/mol. The maximum absolute atomic E-state index is 11.5. The van der Waals surface area contributed by atoms with Crippen molar-refractivity contribution in [2.45, 2.75) is 45.4 Å². The van der Waals surface area contributed by atoms with Gasteiger partial charge in [0.2, 0.25) is 5.91 Å². The van der Waals surface area contributed by atoms with Gasteiger partial charge in [0.1, 0.15) is 0 Å². The van der Waals surface area contributed by atoms with Gasteiger partial charge in [-0.25, -0.2) is 4.98 Å². The fraction of sp³-hybridized carbons (Fsp3) is 0.550. The van der Waals surface area contributed by atoms with E-state index in [1.165, 1.54) is 27.4 Å². The molecule has 0 bridgehead atoms. The molecule has 1 saturated heterocycles. The van der Waals surface area contributed by atoms with Crippen LogP contribution in [0.3, 0.4) is 0 Å². The lowest BCUT2D eigenvalue weighted by molar-refractivity contribution is -0.129. The Hall–Kier alpha value is -1.75. The van der Waals surface area contributed by atoms with Gasteiger partial charge in [0.15, 0.2) is 0 Å². The van der Waals surface area contributed by atoms with Crippen LogP contribution in [0.15, 0.2) is 23.2 Å². The average Bonchev–Trinajstić information content (AvgIpc) is 3.05. The SMILES string of the molecule is CC(=O)N1CCC(c2nc3cc(C4=NC[C@@H](C)CC4)ccc3s2)CC1. The first-order chi connectivity index (χ1) is 12.1. The second kappa shape index (κ2) is 6.87. The van der Waals surface area contributed by atoms with Crippen molar-refractivity contribution in [1.29, 1.82) is 0 Å². The van der Waals surface area contributed by atoms with Gasteiger partial charge in [0.25, 0.3) is 0 Å². The normalized spacial score (nSPS) is 22.2. The summed E-state index contributed by atoms with van der Waals surface area (Å²) < 4.78 is 1.26. The van der Waals surface area contributed by atoms with E-state index in [0.717, 1.165) is 44.4 Å². The van der Waals surface area contributed by atoms with Gasteiger partial charge >= 0.3 is 0 Å². The van der Waals surface area contributed by atoms with E-state index in [2.05, 4.69) is 25.1 Å². The van der Waals surface area contributed by atoms with Crippen LogP contribution in [0.4, 0.5) is 0 Å². The Labute approximate surface area is 153 Å². The number of aromatic nitrogens is 1. The number of piperidine rings is 1. The van der Waals surface area contributed by atoms with Gasteiger partial charge in [-0.3, -0.25) is 9.79 Å². The van der Waals surface area contributed by atoms with Crippen molar-refractivity contribution in [3.8, 4) is 0 Å². The number of rotatable bonds is 2. The number of likely N-dealkylation sites (tertiary alicyclic amines) is 1. The minimum absolute atomic E-state index is 0.190. The summed E-state index contributed by atoms with van der Waals surface area (Å²) in [5, 5.41) is 1.23. The molecule has 0 aliphatic carbocycles. The minimum atomic E-state index is 0.190. The maximum atomic E-state index is 11.5. The molecule has 1 atom stereocenters. The molecule has 4 rings (SSSR count). The van der Waals surface area contributed by atoms with Crippen molar-refractivity contribution >= 4 is 33.2 Å². The molecule has 0 N–H and O–H groups in total. The van der Waals surface area contributed by atoms with Crippen LogP contribution in [-0.2, 0) is 4.79 Å². The van der Waals surface area contributed by atoms with Gasteiger partial charge in [0, 0.05) is 38.2 Å². The highest BCUT2D eigenvalue weighted by Gasteiger charge is 2.24. The van der Waals surface area contributed by atoms with Crippen molar-refractivity contribution in [3.05, 3.63) is 28.8 Å². The fourth-order valence-corrected chi connectivity index (χ4v) is 4.91. The second-order valence-electron chi connectivity index (χ2n) is 7.45. The lowest BCUT2D eigenvalue weighted by atomic mass is 9.96. The highest BCUT2D eigenvalue weighted by molar-refractivity contribution is 7.18. The first kappa shape index (κ1) is 16.7. The third-order valence-corrected chi connectivity index (χ3v) is 6.69. The van der Waals surface area contributed by atoms with Crippen LogP contribution < -0.4 is 0 Å². The number of aliphatic imine (C=N–C) groups is 1. The molecule has 0 spiro atoms. The summed E-state index contributed by atoms with van der Waals surface area (Å²) in [6.45, 7) is 6.60. The van der Waals surface area contributed by atoms with Crippen molar-refractivity contribution in [2.24, 2.45) is 10.9 Å². The molecular weight excluding hydrogens is 330 g/mol. The third-order valence-electron chi connectivity index (χ3n) is 5.49.